The van der Waals surface area contributed by atoms with E-state index in [1.165, 1.54) is 12.1 Å². The van der Waals surface area contributed by atoms with Gasteiger partial charge in [-0.25, -0.2) is 8.42 Å². The largest absolute Gasteiger partial charge is 0.369 e. The van der Waals surface area contributed by atoms with Crippen molar-refractivity contribution < 1.29 is 13.3 Å². The summed E-state index contributed by atoms with van der Waals surface area (Å²) in [5.41, 5.74) is 1.07. The molecule has 1 unspecified atom stereocenters. The van der Waals surface area contributed by atoms with Gasteiger partial charge in [0.1, 0.15) is 0 Å². The van der Waals surface area contributed by atoms with Crippen LogP contribution in [0.1, 0.15) is 6.42 Å². The van der Waals surface area contributed by atoms with Crippen molar-refractivity contribution in [2.75, 3.05) is 42.6 Å². The van der Waals surface area contributed by atoms with E-state index >= 15 is 0 Å². The standard InChI is InChI=1S/C14H19N3O4S/c18-17(19)13-3-1-12(2-4-13)15-6-8-16(9-7-15)14-5-10-22(20,21)11-14/h1-4,14H,5-11H2. The molecular weight excluding hydrogens is 306 g/mol. The molecule has 0 aromatic heterocycles. The van der Waals surface area contributed by atoms with Crippen LogP contribution in [0.15, 0.2) is 24.3 Å². The second kappa shape index (κ2) is 5.85. The second-order valence-corrected chi connectivity index (χ2v) is 8.08. The summed E-state index contributed by atoms with van der Waals surface area (Å²) in [5.74, 6) is 0.588. The molecule has 2 heterocycles. The van der Waals surface area contributed by atoms with Gasteiger partial charge in [0.05, 0.1) is 16.4 Å². The van der Waals surface area contributed by atoms with Crippen LogP contribution in [-0.4, -0.2) is 62.0 Å². The zero-order valence-electron chi connectivity index (χ0n) is 12.2. The fourth-order valence-electron chi connectivity index (χ4n) is 3.19. The maximum absolute atomic E-state index is 11.6. The summed E-state index contributed by atoms with van der Waals surface area (Å²) in [7, 11) is -2.84. The van der Waals surface area contributed by atoms with Crippen molar-refractivity contribution in [3.05, 3.63) is 34.4 Å². The Labute approximate surface area is 129 Å². The number of hydrogen-bond acceptors (Lipinski definition) is 6. The quantitative estimate of drug-likeness (QED) is 0.606. The Morgan fingerprint density at radius 2 is 1.73 bits per heavy atom. The molecule has 120 valence electrons. The van der Waals surface area contributed by atoms with Crippen molar-refractivity contribution in [2.24, 2.45) is 0 Å². The molecule has 2 aliphatic heterocycles. The van der Waals surface area contributed by atoms with Gasteiger partial charge in [-0.05, 0) is 18.6 Å². The molecule has 3 rings (SSSR count). The number of nitrogens with zero attached hydrogens (tertiary/aromatic N) is 3. The third-order valence-electron chi connectivity index (χ3n) is 4.46. The van der Waals surface area contributed by atoms with E-state index in [1.54, 1.807) is 12.1 Å². The average molecular weight is 325 g/mol. The lowest BCUT2D eigenvalue weighted by Crippen LogP contribution is -2.50. The Kier molecular flexibility index (Phi) is 4.05. The molecule has 7 nitrogen and oxygen atoms in total. The van der Waals surface area contributed by atoms with Crippen molar-refractivity contribution in [3.63, 3.8) is 0 Å². The average Bonchev–Trinajstić information content (AvgIpc) is 2.88. The summed E-state index contributed by atoms with van der Waals surface area (Å²) in [6.07, 6.45) is 0.736. The predicted octanol–water partition coefficient (Wildman–Crippen LogP) is 0.904. The van der Waals surface area contributed by atoms with Crippen LogP contribution in [0.4, 0.5) is 11.4 Å². The Bertz CT molecular complexity index is 651. The molecule has 1 atom stereocenters. The minimum absolute atomic E-state index is 0.0959. The molecule has 22 heavy (non-hydrogen) atoms. The van der Waals surface area contributed by atoms with Crippen molar-refractivity contribution in [2.45, 2.75) is 12.5 Å². The Morgan fingerprint density at radius 3 is 2.23 bits per heavy atom. The molecule has 0 aliphatic carbocycles. The van der Waals surface area contributed by atoms with Crippen LogP contribution >= 0.6 is 0 Å². The first-order chi connectivity index (χ1) is 10.4. The maximum Gasteiger partial charge on any atom is 0.269 e. The Morgan fingerprint density at radius 1 is 1.09 bits per heavy atom. The molecule has 8 heteroatoms. The molecule has 0 spiro atoms. The second-order valence-electron chi connectivity index (χ2n) is 5.85. The highest BCUT2D eigenvalue weighted by atomic mass is 32.2. The number of anilines is 1. The van der Waals surface area contributed by atoms with Gasteiger partial charge in [-0.1, -0.05) is 0 Å². The van der Waals surface area contributed by atoms with Crippen molar-refractivity contribution in [1.82, 2.24) is 4.90 Å². The lowest BCUT2D eigenvalue weighted by molar-refractivity contribution is -0.384. The van der Waals surface area contributed by atoms with Crippen LogP contribution in [0.2, 0.25) is 0 Å². The van der Waals surface area contributed by atoms with E-state index in [2.05, 4.69) is 9.80 Å². The zero-order chi connectivity index (χ0) is 15.7. The van der Waals surface area contributed by atoms with Crippen LogP contribution in [0.25, 0.3) is 0 Å². The summed E-state index contributed by atoms with van der Waals surface area (Å²) in [5, 5.41) is 10.7. The van der Waals surface area contributed by atoms with Crippen molar-refractivity contribution in [3.8, 4) is 0 Å². The van der Waals surface area contributed by atoms with Gasteiger partial charge in [0.25, 0.3) is 5.69 Å². The highest BCUT2D eigenvalue weighted by molar-refractivity contribution is 7.91. The molecule has 2 aliphatic rings. The predicted molar refractivity (Wildman–Crippen MR) is 83.9 cm³/mol. The van der Waals surface area contributed by atoms with Gasteiger partial charge >= 0.3 is 0 Å². The van der Waals surface area contributed by atoms with Crippen molar-refractivity contribution in [1.29, 1.82) is 0 Å². The molecule has 2 fully saturated rings. The Balaban J connectivity index is 1.58. The third-order valence-corrected chi connectivity index (χ3v) is 6.22. The first-order valence-electron chi connectivity index (χ1n) is 7.38. The third kappa shape index (κ3) is 3.22. The number of piperazine rings is 1. The summed E-state index contributed by atoms with van der Waals surface area (Å²) >= 11 is 0. The van der Waals surface area contributed by atoms with E-state index in [1.807, 2.05) is 0 Å². The number of hydrogen-bond donors (Lipinski definition) is 0. The highest BCUT2D eigenvalue weighted by Crippen LogP contribution is 2.23. The lowest BCUT2D eigenvalue weighted by Gasteiger charge is -2.38. The lowest BCUT2D eigenvalue weighted by atomic mass is 10.1. The number of benzene rings is 1. The number of nitro benzene ring substituents is 1. The molecular formula is C14H19N3O4S. The van der Waals surface area contributed by atoms with E-state index in [4.69, 9.17) is 0 Å². The minimum atomic E-state index is -2.84. The zero-order valence-corrected chi connectivity index (χ0v) is 13.0. The van der Waals surface area contributed by atoms with Crippen LogP contribution in [-0.2, 0) is 9.84 Å². The molecule has 0 radical (unpaired) electrons. The monoisotopic (exact) mass is 325 g/mol. The SMILES string of the molecule is O=[N+]([O-])c1ccc(N2CCN(C3CCS(=O)(=O)C3)CC2)cc1. The van der Waals surface area contributed by atoms with Gasteiger partial charge in [0.15, 0.2) is 9.84 Å². The normalized spacial score (nSPS) is 25.3. The van der Waals surface area contributed by atoms with Crippen molar-refractivity contribution >= 4 is 21.2 Å². The summed E-state index contributed by atoms with van der Waals surface area (Å²) in [4.78, 5) is 14.7. The fraction of sp³-hybridized carbons (Fsp3) is 0.571. The van der Waals surface area contributed by atoms with E-state index < -0.39 is 14.8 Å². The highest BCUT2D eigenvalue weighted by Gasteiger charge is 2.33. The summed E-state index contributed by atoms with van der Waals surface area (Å²) in [6, 6.07) is 6.74. The number of sulfone groups is 1. The molecule has 0 N–H and O–H groups in total. The molecule has 1 aromatic rings. The van der Waals surface area contributed by atoms with E-state index in [0.717, 1.165) is 38.3 Å². The first kappa shape index (κ1) is 15.2. The fourth-order valence-corrected chi connectivity index (χ4v) is 4.96. The van der Waals surface area contributed by atoms with Crippen LogP contribution in [0.3, 0.4) is 0 Å². The molecule has 2 saturated heterocycles. The van der Waals surface area contributed by atoms with Gasteiger partial charge in [0, 0.05) is 50.0 Å². The van der Waals surface area contributed by atoms with Crippen LogP contribution < -0.4 is 4.90 Å². The summed E-state index contributed by atoms with van der Waals surface area (Å²) < 4.78 is 23.1. The van der Waals surface area contributed by atoms with E-state index in [0.29, 0.717) is 5.75 Å². The minimum Gasteiger partial charge on any atom is -0.369 e. The maximum atomic E-state index is 11.6. The molecule has 0 bridgehead atoms. The van der Waals surface area contributed by atoms with Gasteiger partial charge in [-0.2, -0.15) is 0 Å². The Hall–Kier alpha value is -1.67. The van der Waals surface area contributed by atoms with Gasteiger partial charge in [-0.3, -0.25) is 15.0 Å². The van der Waals surface area contributed by atoms with E-state index in [-0.39, 0.29) is 17.5 Å². The van der Waals surface area contributed by atoms with Gasteiger partial charge < -0.3 is 4.90 Å². The number of nitro groups is 1. The molecule has 0 saturated carbocycles. The number of non-ortho nitro benzene ring substituents is 1. The molecule has 0 amide bonds. The number of rotatable bonds is 3. The van der Waals surface area contributed by atoms with Gasteiger partial charge in [0.2, 0.25) is 0 Å². The van der Waals surface area contributed by atoms with Gasteiger partial charge in [-0.15, -0.1) is 0 Å². The first-order valence-corrected chi connectivity index (χ1v) is 9.21. The summed E-state index contributed by atoms with van der Waals surface area (Å²) in [6.45, 7) is 3.29. The topological polar surface area (TPSA) is 83.8 Å². The van der Waals surface area contributed by atoms with Crippen LogP contribution in [0.5, 0.6) is 0 Å². The van der Waals surface area contributed by atoms with E-state index in [9.17, 15) is 18.5 Å². The van der Waals surface area contributed by atoms with Crippen LogP contribution in [0, 0.1) is 10.1 Å². The molecule has 1 aromatic carbocycles. The smallest absolute Gasteiger partial charge is 0.269 e.